The van der Waals surface area contributed by atoms with Crippen LogP contribution >= 0.6 is 39.1 Å². The molecule has 1 aromatic carbocycles. The van der Waals surface area contributed by atoms with Crippen molar-refractivity contribution in [1.82, 2.24) is 9.55 Å². The summed E-state index contributed by atoms with van der Waals surface area (Å²) in [5, 5.41) is 1.05. The molecule has 0 bridgehead atoms. The minimum absolute atomic E-state index is 0.504. The van der Waals surface area contributed by atoms with Crippen LogP contribution in [0.3, 0.4) is 0 Å². The van der Waals surface area contributed by atoms with Crippen molar-refractivity contribution in [3.63, 3.8) is 0 Å². The van der Waals surface area contributed by atoms with Crippen LogP contribution in [0.25, 0.3) is 11.3 Å². The highest BCUT2D eigenvalue weighted by molar-refractivity contribution is 9.10. The van der Waals surface area contributed by atoms with Gasteiger partial charge in [0, 0.05) is 18.7 Å². The number of aryl methyl sites for hydroxylation is 1. The Hall–Kier alpha value is -0.710. The lowest BCUT2D eigenvalue weighted by Crippen LogP contribution is -1.88. The van der Waals surface area contributed by atoms with Gasteiger partial charge in [0.15, 0.2) is 0 Å². The fourth-order valence-corrected chi connectivity index (χ4v) is 2.35. The van der Waals surface area contributed by atoms with E-state index < -0.39 is 0 Å². The largest absolute Gasteiger partial charge is 0.495 e. The van der Waals surface area contributed by atoms with Crippen molar-refractivity contribution in [2.75, 3.05) is 7.11 Å². The van der Waals surface area contributed by atoms with Crippen LogP contribution in [-0.4, -0.2) is 16.7 Å². The van der Waals surface area contributed by atoms with E-state index >= 15 is 0 Å². The summed E-state index contributed by atoms with van der Waals surface area (Å²) in [6.45, 7) is 0. The lowest BCUT2D eigenvalue weighted by atomic mass is 10.1. The molecule has 0 atom stereocenters. The number of rotatable bonds is 2. The van der Waals surface area contributed by atoms with Crippen LogP contribution < -0.4 is 4.74 Å². The Bertz CT molecular complexity index is 569. The third-order valence-corrected chi connectivity index (χ3v) is 3.90. The number of halogens is 3. The molecule has 3 nitrogen and oxygen atoms in total. The maximum Gasteiger partial charge on any atom is 0.138 e. The number of aromatic nitrogens is 2. The number of methoxy groups -OCH3 is 1. The van der Waals surface area contributed by atoms with Gasteiger partial charge < -0.3 is 9.30 Å². The molecular weight excluding hydrogens is 327 g/mol. The first-order valence-electron chi connectivity index (χ1n) is 4.74. The molecule has 0 aliphatic rings. The van der Waals surface area contributed by atoms with Crippen LogP contribution in [0.2, 0.25) is 10.0 Å². The van der Waals surface area contributed by atoms with Gasteiger partial charge in [0.1, 0.15) is 16.0 Å². The summed E-state index contributed by atoms with van der Waals surface area (Å²) >= 11 is 15.7. The number of benzene rings is 1. The van der Waals surface area contributed by atoms with E-state index in [4.69, 9.17) is 27.9 Å². The van der Waals surface area contributed by atoms with Crippen LogP contribution in [0.4, 0.5) is 0 Å². The van der Waals surface area contributed by atoms with Crippen molar-refractivity contribution in [2.45, 2.75) is 0 Å². The zero-order chi connectivity index (χ0) is 12.6. The van der Waals surface area contributed by atoms with Gasteiger partial charge in [-0.15, -0.1) is 0 Å². The molecule has 0 N–H and O–H groups in total. The molecule has 1 heterocycles. The monoisotopic (exact) mass is 334 g/mol. The number of imidazole rings is 1. The molecule has 6 heteroatoms. The SMILES string of the molecule is COc1cc(Cl)c(-c2ncn(C)c2Br)cc1Cl. The van der Waals surface area contributed by atoms with Crippen LogP contribution in [0, 0.1) is 0 Å². The first kappa shape index (κ1) is 12.7. The summed E-state index contributed by atoms with van der Waals surface area (Å²) in [4.78, 5) is 4.28. The van der Waals surface area contributed by atoms with Crippen molar-refractivity contribution in [3.05, 3.63) is 33.1 Å². The smallest absolute Gasteiger partial charge is 0.138 e. The van der Waals surface area contributed by atoms with Crippen LogP contribution in [0.5, 0.6) is 5.75 Å². The molecular formula is C11H9BrCl2N2O. The molecule has 0 amide bonds. The van der Waals surface area contributed by atoms with E-state index in [-0.39, 0.29) is 0 Å². The molecule has 2 aromatic rings. The summed E-state index contributed by atoms with van der Waals surface area (Å²) < 4.78 is 7.80. The Kier molecular flexibility index (Phi) is 3.66. The van der Waals surface area contributed by atoms with Crippen molar-refractivity contribution in [2.24, 2.45) is 7.05 Å². The Labute approximate surface area is 117 Å². The molecule has 0 saturated heterocycles. The van der Waals surface area contributed by atoms with Crippen molar-refractivity contribution < 1.29 is 4.74 Å². The topological polar surface area (TPSA) is 27.1 Å². The quantitative estimate of drug-likeness (QED) is 0.823. The van der Waals surface area contributed by atoms with Gasteiger partial charge >= 0.3 is 0 Å². The average molecular weight is 336 g/mol. The summed E-state index contributed by atoms with van der Waals surface area (Å²) in [6, 6.07) is 3.43. The summed E-state index contributed by atoms with van der Waals surface area (Å²) in [6.07, 6.45) is 1.70. The van der Waals surface area contributed by atoms with Crippen LogP contribution in [0.15, 0.2) is 23.1 Å². The van der Waals surface area contributed by atoms with Gasteiger partial charge in [-0.05, 0) is 22.0 Å². The van der Waals surface area contributed by atoms with E-state index in [1.54, 1.807) is 25.6 Å². The standard InChI is InChI=1S/C11H9BrCl2N2O/c1-16-5-15-10(11(16)12)6-3-8(14)9(17-2)4-7(6)13/h3-5H,1-2H3. The van der Waals surface area contributed by atoms with Crippen LogP contribution in [-0.2, 0) is 7.05 Å². The van der Waals surface area contributed by atoms with Gasteiger partial charge in [-0.3, -0.25) is 0 Å². The lowest BCUT2D eigenvalue weighted by molar-refractivity contribution is 0.415. The highest BCUT2D eigenvalue weighted by atomic mass is 79.9. The molecule has 2 rings (SSSR count). The van der Waals surface area contributed by atoms with Crippen molar-refractivity contribution >= 4 is 39.1 Å². The second kappa shape index (κ2) is 4.88. The van der Waals surface area contributed by atoms with E-state index in [1.807, 2.05) is 11.6 Å². The van der Waals surface area contributed by atoms with Gasteiger partial charge in [-0.25, -0.2) is 4.98 Å². The second-order valence-corrected chi connectivity index (χ2v) is 5.03. The van der Waals surface area contributed by atoms with E-state index in [0.29, 0.717) is 15.8 Å². The molecule has 17 heavy (non-hydrogen) atoms. The Morgan fingerprint density at radius 1 is 1.29 bits per heavy atom. The molecule has 0 spiro atoms. The van der Waals surface area contributed by atoms with E-state index in [0.717, 1.165) is 15.9 Å². The van der Waals surface area contributed by atoms with Gasteiger partial charge in [-0.1, -0.05) is 23.2 Å². The first-order valence-corrected chi connectivity index (χ1v) is 6.29. The van der Waals surface area contributed by atoms with Crippen LogP contribution in [0.1, 0.15) is 0 Å². The maximum atomic E-state index is 6.19. The van der Waals surface area contributed by atoms with Gasteiger partial charge in [0.25, 0.3) is 0 Å². The Morgan fingerprint density at radius 3 is 2.53 bits per heavy atom. The predicted octanol–water partition coefficient (Wildman–Crippen LogP) is 4.17. The molecule has 1 aromatic heterocycles. The molecule has 0 fully saturated rings. The fraction of sp³-hybridized carbons (Fsp3) is 0.182. The number of hydrogen-bond acceptors (Lipinski definition) is 2. The summed E-state index contributed by atoms with van der Waals surface area (Å²) in [7, 11) is 3.44. The summed E-state index contributed by atoms with van der Waals surface area (Å²) in [5.74, 6) is 0.549. The molecule has 0 saturated carbocycles. The molecule has 90 valence electrons. The Balaban J connectivity index is 2.60. The minimum Gasteiger partial charge on any atom is -0.495 e. The molecule has 0 aliphatic heterocycles. The van der Waals surface area contributed by atoms with Crippen molar-refractivity contribution in [3.8, 4) is 17.0 Å². The molecule has 0 aliphatic carbocycles. The van der Waals surface area contributed by atoms with E-state index in [2.05, 4.69) is 20.9 Å². The van der Waals surface area contributed by atoms with Gasteiger partial charge in [0.05, 0.1) is 23.5 Å². The average Bonchev–Trinajstić information content (AvgIpc) is 2.63. The summed E-state index contributed by atoms with van der Waals surface area (Å²) in [5.41, 5.74) is 1.52. The third-order valence-electron chi connectivity index (χ3n) is 2.36. The van der Waals surface area contributed by atoms with Crippen molar-refractivity contribution in [1.29, 1.82) is 0 Å². The van der Waals surface area contributed by atoms with Gasteiger partial charge in [0.2, 0.25) is 0 Å². The Morgan fingerprint density at radius 2 is 2.00 bits per heavy atom. The number of ether oxygens (including phenoxy) is 1. The fourth-order valence-electron chi connectivity index (χ4n) is 1.46. The maximum absolute atomic E-state index is 6.19. The predicted molar refractivity (Wildman–Crippen MR) is 72.9 cm³/mol. The molecule has 0 unspecified atom stereocenters. The number of hydrogen-bond donors (Lipinski definition) is 0. The first-order chi connectivity index (χ1) is 8.04. The van der Waals surface area contributed by atoms with E-state index in [9.17, 15) is 0 Å². The third kappa shape index (κ3) is 2.30. The molecule has 0 radical (unpaired) electrons. The zero-order valence-electron chi connectivity index (χ0n) is 9.17. The minimum atomic E-state index is 0.504. The lowest BCUT2D eigenvalue weighted by Gasteiger charge is -2.07. The zero-order valence-corrected chi connectivity index (χ0v) is 12.3. The highest BCUT2D eigenvalue weighted by Crippen LogP contribution is 2.38. The van der Waals surface area contributed by atoms with E-state index in [1.165, 1.54) is 0 Å². The highest BCUT2D eigenvalue weighted by Gasteiger charge is 2.15. The second-order valence-electron chi connectivity index (χ2n) is 3.46. The van der Waals surface area contributed by atoms with Gasteiger partial charge in [-0.2, -0.15) is 0 Å². The number of nitrogens with zero attached hydrogens (tertiary/aromatic N) is 2. The normalized spacial score (nSPS) is 10.6.